The zero-order valence-corrected chi connectivity index (χ0v) is 16.2. The minimum absolute atomic E-state index is 0.0870. The summed E-state index contributed by atoms with van der Waals surface area (Å²) in [4.78, 5) is 34.8. The molecule has 0 spiro atoms. The molecular weight excluding hydrogens is 394 g/mol. The first-order chi connectivity index (χ1) is 12.2. The maximum absolute atomic E-state index is 13.7. The number of alkyl halides is 2. The van der Waals surface area contributed by atoms with Crippen LogP contribution in [0.3, 0.4) is 0 Å². The van der Waals surface area contributed by atoms with E-state index in [4.69, 9.17) is 15.4 Å². The Morgan fingerprint density at radius 2 is 1.69 bits per heavy atom. The van der Waals surface area contributed by atoms with E-state index in [0.717, 1.165) is 30.2 Å². The highest BCUT2D eigenvalue weighted by atomic mass is 35.7. The number of ether oxygens (including phenoxy) is 3. The molecule has 1 saturated carbocycles. The number of esters is 3. The topological polar surface area (TPSA) is 78.9 Å². The first-order valence-corrected chi connectivity index (χ1v) is 10.1. The molecule has 26 heavy (non-hydrogen) atoms. The van der Waals surface area contributed by atoms with E-state index in [-0.39, 0.29) is 5.92 Å². The molecule has 0 heterocycles. The van der Waals surface area contributed by atoms with Crippen LogP contribution in [0.2, 0.25) is 0 Å². The third-order valence-electron chi connectivity index (χ3n) is 3.90. The van der Waals surface area contributed by atoms with Crippen LogP contribution in [-0.2, 0) is 28.6 Å². The van der Waals surface area contributed by atoms with Crippen molar-refractivity contribution >= 4 is 39.6 Å². The van der Waals surface area contributed by atoms with Crippen LogP contribution >= 0.6 is 21.7 Å². The zero-order chi connectivity index (χ0) is 19.7. The van der Waals surface area contributed by atoms with Gasteiger partial charge in [-0.1, -0.05) is 33.1 Å². The van der Waals surface area contributed by atoms with Gasteiger partial charge in [-0.05, 0) is 40.4 Å². The third-order valence-corrected chi connectivity index (χ3v) is 5.40. The number of hydrogen-bond donors (Lipinski definition) is 0. The molecule has 1 fully saturated rings. The molecule has 1 rings (SSSR count). The Morgan fingerprint density at radius 3 is 2.23 bits per heavy atom. The van der Waals surface area contributed by atoms with Crippen LogP contribution in [-0.4, -0.2) is 42.5 Å². The summed E-state index contributed by atoms with van der Waals surface area (Å²) in [6.45, 7) is 2.54. The van der Waals surface area contributed by atoms with E-state index in [9.17, 15) is 23.2 Å². The lowest BCUT2D eigenvalue weighted by Gasteiger charge is -2.22. The summed E-state index contributed by atoms with van der Waals surface area (Å²) in [6.07, 6.45) is -0.963. The summed E-state index contributed by atoms with van der Waals surface area (Å²) in [7, 11) is 6.36. The molecule has 6 nitrogen and oxygen atoms in total. The quantitative estimate of drug-likeness (QED) is 0.322. The van der Waals surface area contributed by atoms with Gasteiger partial charge >= 0.3 is 24.0 Å². The Hall–Kier alpha value is -1.09. The molecule has 0 bridgehead atoms. The van der Waals surface area contributed by atoms with Crippen molar-refractivity contribution in [2.24, 2.45) is 11.8 Å². The fourth-order valence-corrected chi connectivity index (χ4v) is 3.63. The second kappa shape index (κ2) is 10.9. The number of hydrogen-bond acceptors (Lipinski definition) is 7. The Kier molecular flexibility index (Phi) is 9.63. The molecule has 10 heteroatoms. The Bertz CT molecular complexity index is 497. The zero-order valence-electron chi connectivity index (χ0n) is 14.7. The van der Waals surface area contributed by atoms with Crippen LogP contribution in [0.15, 0.2) is 0 Å². The van der Waals surface area contributed by atoms with Gasteiger partial charge in [-0.25, -0.2) is 4.79 Å². The number of carbonyl (C=O) groups excluding carboxylic acids is 3. The molecule has 0 aromatic carbocycles. The first kappa shape index (κ1) is 23.0. The van der Waals surface area contributed by atoms with E-state index < -0.39 is 48.4 Å². The molecule has 0 N–H and O–H groups in total. The van der Waals surface area contributed by atoms with E-state index in [0.29, 0.717) is 12.8 Å². The van der Waals surface area contributed by atoms with Crippen molar-refractivity contribution in [1.82, 2.24) is 0 Å². The van der Waals surface area contributed by atoms with Crippen LogP contribution in [0, 0.1) is 11.8 Å². The Morgan fingerprint density at radius 1 is 1.12 bits per heavy atom. The molecule has 1 aliphatic rings. The highest BCUT2D eigenvalue weighted by Gasteiger charge is 2.47. The highest BCUT2D eigenvalue weighted by molar-refractivity contribution is 8.22. The van der Waals surface area contributed by atoms with Gasteiger partial charge in [0.25, 0.3) is 0 Å². The molecule has 1 atom stereocenters. The van der Waals surface area contributed by atoms with Crippen molar-refractivity contribution in [3.63, 3.8) is 0 Å². The van der Waals surface area contributed by atoms with Crippen LogP contribution in [0.25, 0.3) is 0 Å². The van der Waals surface area contributed by atoms with Crippen LogP contribution in [0.1, 0.15) is 46.0 Å². The molecule has 0 aromatic rings. The first-order valence-electron chi connectivity index (χ1n) is 8.41. The van der Waals surface area contributed by atoms with Crippen LogP contribution < -0.4 is 0 Å². The molecular formula is C16H23ClF2O6S. The summed E-state index contributed by atoms with van der Waals surface area (Å²) in [5, 5.41) is -0.620. The van der Waals surface area contributed by atoms with Crippen molar-refractivity contribution in [2.75, 3.05) is 13.2 Å². The molecule has 0 radical (unpaired) electrons. The van der Waals surface area contributed by atoms with E-state index in [1.165, 1.54) is 0 Å². The predicted molar refractivity (Wildman–Crippen MR) is 91.6 cm³/mol. The minimum atomic E-state index is -4.37. The van der Waals surface area contributed by atoms with Crippen molar-refractivity contribution in [3.05, 3.63) is 0 Å². The fraction of sp³-hybridized carbons (Fsp3) is 0.812. The second-order valence-electron chi connectivity index (χ2n) is 6.33. The molecule has 150 valence electrons. The lowest BCUT2D eigenvalue weighted by atomic mass is 9.89. The fourth-order valence-electron chi connectivity index (χ4n) is 2.44. The SMILES string of the molecule is CC(C)C(SCl)C(=O)OCCOC(=O)C(F)(F)OC(=O)C1CCCCC1. The van der Waals surface area contributed by atoms with Crippen LogP contribution in [0.4, 0.5) is 8.78 Å². The van der Waals surface area contributed by atoms with Crippen LogP contribution in [0.5, 0.6) is 0 Å². The maximum Gasteiger partial charge on any atom is 0.504 e. The summed E-state index contributed by atoms with van der Waals surface area (Å²) in [5.41, 5.74) is 0. The van der Waals surface area contributed by atoms with Gasteiger partial charge in [0, 0.05) is 0 Å². The monoisotopic (exact) mass is 416 g/mol. The Balaban J connectivity index is 2.36. The Labute approximate surface area is 159 Å². The molecule has 0 amide bonds. The van der Waals surface area contributed by atoms with E-state index in [2.05, 4.69) is 9.47 Å². The average Bonchev–Trinajstić information content (AvgIpc) is 2.59. The smallest absolute Gasteiger partial charge is 0.461 e. The minimum Gasteiger partial charge on any atom is -0.461 e. The van der Waals surface area contributed by atoms with Crippen molar-refractivity contribution < 1.29 is 37.4 Å². The van der Waals surface area contributed by atoms with Gasteiger partial charge in [0.1, 0.15) is 18.5 Å². The normalized spacial score (nSPS) is 16.8. The standard InChI is InChI=1S/C16H23ClF2O6S/c1-10(2)12(26-17)14(21)23-8-9-24-15(22)16(18,19)25-13(20)11-6-4-3-5-7-11/h10-12H,3-9H2,1-2H3. The summed E-state index contributed by atoms with van der Waals surface area (Å²) >= 11 is 0. The van der Waals surface area contributed by atoms with E-state index >= 15 is 0 Å². The van der Waals surface area contributed by atoms with Crippen molar-refractivity contribution in [1.29, 1.82) is 0 Å². The average molecular weight is 417 g/mol. The molecule has 0 aliphatic heterocycles. The van der Waals surface area contributed by atoms with Gasteiger partial charge < -0.3 is 14.2 Å². The van der Waals surface area contributed by atoms with E-state index in [1.807, 2.05) is 0 Å². The summed E-state index contributed by atoms with van der Waals surface area (Å²) in [5.74, 6) is -4.44. The highest BCUT2D eigenvalue weighted by Crippen LogP contribution is 2.28. The molecule has 1 unspecified atom stereocenters. The van der Waals surface area contributed by atoms with E-state index in [1.54, 1.807) is 13.8 Å². The summed E-state index contributed by atoms with van der Waals surface area (Å²) in [6, 6.07) is 0. The summed E-state index contributed by atoms with van der Waals surface area (Å²) < 4.78 is 40.5. The number of carbonyl (C=O) groups is 3. The van der Waals surface area contributed by atoms with Crippen molar-refractivity contribution in [2.45, 2.75) is 57.3 Å². The van der Waals surface area contributed by atoms with Gasteiger partial charge in [0.15, 0.2) is 0 Å². The van der Waals surface area contributed by atoms with Gasteiger partial charge in [0.2, 0.25) is 0 Å². The van der Waals surface area contributed by atoms with Gasteiger partial charge in [0.05, 0.1) is 5.92 Å². The maximum atomic E-state index is 13.7. The molecule has 1 aliphatic carbocycles. The largest absolute Gasteiger partial charge is 0.504 e. The molecule has 0 saturated heterocycles. The van der Waals surface area contributed by atoms with Gasteiger partial charge in [-0.3, -0.25) is 9.59 Å². The van der Waals surface area contributed by atoms with Gasteiger partial charge in [-0.2, -0.15) is 8.78 Å². The van der Waals surface area contributed by atoms with Crippen molar-refractivity contribution in [3.8, 4) is 0 Å². The third kappa shape index (κ3) is 7.26. The number of halogens is 3. The molecule has 0 aromatic heterocycles. The predicted octanol–water partition coefficient (Wildman–Crippen LogP) is 3.70. The van der Waals surface area contributed by atoms with Gasteiger partial charge in [-0.15, -0.1) is 0 Å². The lowest BCUT2D eigenvalue weighted by Crippen LogP contribution is -2.39. The number of rotatable bonds is 9. The second-order valence-corrected chi connectivity index (χ2v) is 7.55. The lowest BCUT2D eigenvalue weighted by molar-refractivity contribution is -0.247.